The van der Waals surface area contributed by atoms with Gasteiger partial charge in [-0.2, -0.15) is 0 Å². The summed E-state index contributed by atoms with van der Waals surface area (Å²) >= 11 is 5.59. The second-order valence-corrected chi connectivity index (χ2v) is 4.83. The molecular formula is C14H11ClN4O4. The lowest BCUT2D eigenvalue weighted by molar-refractivity contribution is 1.36. The highest BCUT2D eigenvalue weighted by Gasteiger charge is 2.05. The fourth-order valence-corrected chi connectivity index (χ4v) is 1.82. The normalized spacial score (nSPS) is 9.35. The van der Waals surface area contributed by atoms with Crippen LogP contribution in [0.4, 0.5) is 22.7 Å². The van der Waals surface area contributed by atoms with Crippen LogP contribution in [0.5, 0.6) is 0 Å². The molecule has 0 bridgehead atoms. The molecule has 9 heteroatoms. The summed E-state index contributed by atoms with van der Waals surface area (Å²) in [6, 6.07) is 7.19. The lowest BCUT2D eigenvalue weighted by atomic mass is 10.2. The van der Waals surface area contributed by atoms with E-state index in [0.29, 0.717) is 22.5 Å². The Balaban J connectivity index is 0.000000231. The fraction of sp³-hybridized carbons (Fsp3) is 0.143. The van der Waals surface area contributed by atoms with Gasteiger partial charge >= 0.3 is 0 Å². The molecular weight excluding hydrogens is 324 g/mol. The quantitative estimate of drug-likeness (QED) is 0.615. The first-order valence-corrected chi connectivity index (χ1v) is 6.58. The Morgan fingerprint density at radius 3 is 1.74 bits per heavy atom. The lowest BCUT2D eigenvalue weighted by Crippen LogP contribution is -1.74. The van der Waals surface area contributed by atoms with Gasteiger partial charge in [-0.1, -0.05) is 11.6 Å². The van der Waals surface area contributed by atoms with E-state index in [1.54, 1.807) is 13.8 Å². The molecule has 0 amide bonds. The number of rotatable bonds is 4. The monoisotopic (exact) mass is 334 g/mol. The summed E-state index contributed by atoms with van der Waals surface area (Å²) < 4.78 is 0. The van der Waals surface area contributed by atoms with Crippen molar-refractivity contribution in [2.24, 2.45) is 20.7 Å². The van der Waals surface area contributed by atoms with Crippen LogP contribution in [0.25, 0.3) is 0 Å². The predicted molar refractivity (Wildman–Crippen MR) is 89.2 cm³/mol. The van der Waals surface area contributed by atoms with Crippen LogP contribution in [-0.4, -0.2) is 0 Å². The molecule has 2 aromatic rings. The van der Waals surface area contributed by atoms with E-state index in [4.69, 9.17) is 11.6 Å². The molecule has 8 nitrogen and oxygen atoms in total. The molecule has 0 fully saturated rings. The Morgan fingerprint density at radius 1 is 0.696 bits per heavy atom. The van der Waals surface area contributed by atoms with E-state index in [9.17, 15) is 19.6 Å². The molecule has 0 radical (unpaired) electrons. The van der Waals surface area contributed by atoms with Crippen molar-refractivity contribution < 1.29 is 0 Å². The van der Waals surface area contributed by atoms with Crippen LogP contribution in [0.1, 0.15) is 11.1 Å². The van der Waals surface area contributed by atoms with Crippen molar-refractivity contribution in [3.63, 3.8) is 0 Å². The lowest BCUT2D eigenvalue weighted by Gasteiger charge is -1.98. The van der Waals surface area contributed by atoms with E-state index < -0.39 is 0 Å². The molecule has 0 unspecified atom stereocenters. The average Bonchev–Trinajstić information content (AvgIpc) is 2.56. The Hall–Kier alpha value is -2.87. The smallest absolute Gasteiger partial charge is 0.127 e. The number of halogens is 1. The van der Waals surface area contributed by atoms with Gasteiger partial charge in [0.2, 0.25) is 0 Å². The SMILES string of the molecule is Cc1cc(N=O)c(Cl)cc1N=O.Cc1cc(N=O)ccc1N=O. The summed E-state index contributed by atoms with van der Waals surface area (Å²) in [5, 5.41) is 11.0. The Morgan fingerprint density at radius 2 is 1.26 bits per heavy atom. The van der Waals surface area contributed by atoms with E-state index >= 15 is 0 Å². The molecule has 23 heavy (non-hydrogen) atoms. The Bertz CT molecular complexity index is 731. The Labute approximate surface area is 135 Å². The number of nitroso groups, excluding NO2 is 4. The average molecular weight is 335 g/mol. The minimum atomic E-state index is 0.126. The van der Waals surface area contributed by atoms with Crippen molar-refractivity contribution in [3.05, 3.63) is 66.1 Å². The molecule has 0 aromatic heterocycles. The van der Waals surface area contributed by atoms with Crippen molar-refractivity contribution in [1.82, 2.24) is 0 Å². The number of nitrogens with zero attached hydrogens (tertiary/aromatic N) is 4. The third-order valence-electron chi connectivity index (χ3n) is 2.85. The van der Waals surface area contributed by atoms with Crippen LogP contribution >= 0.6 is 11.6 Å². The van der Waals surface area contributed by atoms with Gasteiger partial charge in [-0.15, -0.1) is 19.6 Å². The highest BCUT2D eigenvalue weighted by molar-refractivity contribution is 6.33. The molecule has 0 spiro atoms. The molecule has 0 saturated heterocycles. The highest BCUT2D eigenvalue weighted by Crippen LogP contribution is 2.32. The van der Waals surface area contributed by atoms with Crippen LogP contribution in [-0.2, 0) is 0 Å². The zero-order valence-corrected chi connectivity index (χ0v) is 12.9. The van der Waals surface area contributed by atoms with Gasteiger partial charge in [-0.3, -0.25) is 0 Å². The molecule has 0 N–H and O–H groups in total. The first-order valence-electron chi connectivity index (χ1n) is 6.21. The van der Waals surface area contributed by atoms with Gasteiger partial charge in [0.25, 0.3) is 0 Å². The predicted octanol–water partition coefficient (Wildman–Crippen LogP) is 6.24. The number of hydrogen-bond acceptors (Lipinski definition) is 8. The summed E-state index contributed by atoms with van der Waals surface area (Å²) in [7, 11) is 0. The summed E-state index contributed by atoms with van der Waals surface area (Å²) in [5.74, 6) is 0. The van der Waals surface area contributed by atoms with E-state index in [-0.39, 0.29) is 16.4 Å². The topological polar surface area (TPSA) is 118 Å². The first-order chi connectivity index (χ1) is 11.0. The van der Waals surface area contributed by atoms with Crippen LogP contribution in [0, 0.1) is 33.5 Å². The molecule has 2 rings (SSSR count). The van der Waals surface area contributed by atoms with Crippen LogP contribution in [0.2, 0.25) is 5.02 Å². The molecule has 0 atom stereocenters. The fourth-order valence-electron chi connectivity index (χ4n) is 1.62. The molecule has 0 aliphatic carbocycles. The summed E-state index contributed by atoms with van der Waals surface area (Å²) in [5.41, 5.74) is 2.27. The zero-order chi connectivity index (χ0) is 17.4. The van der Waals surface area contributed by atoms with Crippen molar-refractivity contribution >= 4 is 34.4 Å². The molecule has 0 saturated carbocycles. The highest BCUT2D eigenvalue weighted by atomic mass is 35.5. The maximum absolute atomic E-state index is 10.2. The summed E-state index contributed by atoms with van der Waals surface area (Å²) in [6.45, 7) is 3.35. The van der Waals surface area contributed by atoms with Gasteiger partial charge in [0.15, 0.2) is 0 Å². The maximum Gasteiger partial charge on any atom is 0.127 e. The minimum Gasteiger partial charge on any atom is -0.145 e. The first kappa shape index (κ1) is 18.2. The van der Waals surface area contributed by atoms with Crippen molar-refractivity contribution in [3.8, 4) is 0 Å². The number of aryl methyl sites for hydroxylation is 2. The largest absolute Gasteiger partial charge is 0.145 e. The Kier molecular flexibility index (Phi) is 6.75. The van der Waals surface area contributed by atoms with E-state index in [0.717, 1.165) is 0 Å². The summed E-state index contributed by atoms with van der Waals surface area (Å²) in [4.78, 5) is 40.4. The van der Waals surface area contributed by atoms with Crippen molar-refractivity contribution in [2.45, 2.75) is 13.8 Å². The number of hydrogen-bond donors (Lipinski definition) is 0. The van der Waals surface area contributed by atoms with Crippen molar-refractivity contribution in [2.75, 3.05) is 0 Å². The zero-order valence-electron chi connectivity index (χ0n) is 12.2. The van der Waals surface area contributed by atoms with Gasteiger partial charge in [0.05, 0.1) is 5.02 Å². The third-order valence-corrected chi connectivity index (χ3v) is 3.15. The van der Waals surface area contributed by atoms with Crippen molar-refractivity contribution in [1.29, 1.82) is 0 Å². The van der Waals surface area contributed by atoms with Gasteiger partial charge in [0.1, 0.15) is 22.7 Å². The van der Waals surface area contributed by atoms with E-state index in [2.05, 4.69) is 20.7 Å². The third kappa shape index (κ3) is 4.82. The minimum absolute atomic E-state index is 0.126. The standard InChI is InChI=1S/C7H5ClN2O2.C7H6N2O2/c1-4-2-7(10-12)5(8)3-6(4)9-11;1-5-4-6(8-10)2-3-7(5)9-11/h2-3H,1H3;2-4H,1H3. The second-order valence-electron chi connectivity index (χ2n) is 4.43. The van der Waals surface area contributed by atoms with Gasteiger partial charge in [-0.05, 0) is 76.0 Å². The second kappa shape index (κ2) is 8.54. The molecule has 0 aliphatic rings. The van der Waals surface area contributed by atoms with Gasteiger partial charge < -0.3 is 0 Å². The molecule has 118 valence electrons. The summed E-state index contributed by atoms with van der Waals surface area (Å²) in [6.07, 6.45) is 0. The van der Waals surface area contributed by atoms with Gasteiger partial charge in [0, 0.05) is 0 Å². The van der Waals surface area contributed by atoms with Crippen LogP contribution in [0.3, 0.4) is 0 Å². The maximum atomic E-state index is 10.2. The molecule has 0 heterocycles. The van der Waals surface area contributed by atoms with E-state index in [1.807, 2.05) is 0 Å². The van der Waals surface area contributed by atoms with E-state index in [1.165, 1.54) is 30.3 Å². The number of benzene rings is 2. The van der Waals surface area contributed by atoms with Crippen LogP contribution in [0.15, 0.2) is 51.0 Å². The molecule has 2 aromatic carbocycles. The van der Waals surface area contributed by atoms with Crippen LogP contribution < -0.4 is 0 Å². The molecule has 0 aliphatic heterocycles. The van der Waals surface area contributed by atoms with Gasteiger partial charge in [-0.25, -0.2) is 0 Å².